The molecule has 1 unspecified atom stereocenters. The molecule has 2 aromatic carbocycles. The summed E-state index contributed by atoms with van der Waals surface area (Å²) < 4.78 is 82.1. The molecule has 1 aliphatic heterocycles. The Bertz CT molecular complexity index is 985. The average Bonchev–Trinajstić information content (AvgIpc) is 2.84. The van der Waals surface area contributed by atoms with Crippen LogP contribution < -0.4 is 5.73 Å². The highest BCUT2D eigenvalue weighted by Crippen LogP contribution is 2.41. The molecule has 0 aromatic heterocycles. The zero-order chi connectivity index (χ0) is 28.6. The first-order chi connectivity index (χ1) is 17.8. The molecule has 1 atom stereocenters. The van der Waals surface area contributed by atoms with Crippen molar-refractivity contribution in [2.24, 2.45) is 5.73 Å². The first-order valence-corrected chi connectivity index (χ1v) is 12.5. The van der Waals surface area contributed by atoms with E-state index in [9.17, 15) is 31.1 Å². The number of aldehydes is 1. The average molecular weight is 547 g/mol. The van der Waals surface area contributed by atoms with E-state index in [1.165, 1.54) is 24.6 Å². The first kappa shape index (κ1) is 31.8. The summed E-state index contributed by atoms with van der Waals surface area (Å²) in [6.07, 6.45) is -3.85. The van der Waals surface area contributed by atoms with E-state index in [2.05, 4.69) is 36.9 Å². The molecule has 1 saturated carbocycles. The fraction of sp³-hybridized carbons (Fsp3) is 0.536. The number of ether oxygens (including phenoxy) is 1. The van der Waals surface area contributed by atoms with Crippen LogP contribution in [0.15, 0.2) is 42.5 Å². The van der Waals surface area contributed by atoms with E-state index in [0.29, 0.717) is 18.7 Å². The van der Waals surface area contributed by atoms with Crippen molar-refractivity contribution in [2.75, 3.05) is 27.2 Å². The Morgan fingerprint density at radius 3 is 1.95 bits per heavy atom. The number of aryl methyl sites for hydroxylation is 1. The Balaban J connectivity index is 0.000000284. The quantitative estimate of drug-likeness (QED) is 0.343. The lowest BCUT2D eigenvalue weighted by molar-refractivity contribution is -0.143. The molecule has 10 heteroatoms. The Kier molecular flexibility index (Phi) is 11.4. The summed E-state index contributed by atoms with van der Waals surface area (Å²) in [5, 5.41) is 0. The van der Waals surface area contributed by atoms with E-state index in [0.717, 1.165) is 38.5 Å². The minimum Gasteiger partial charge on any atom is -0.372 e. The molecule has 0 radical (unpaired) electrons. The first-order valence-electron chi connectivity index (χ1n) is 12.5. The molecular weight excluding hydrogens is 510 g/mol. The van der Waals surface area contributed by atoms with Crippen molar-refractivity contribution in [2.45, 2.75) is 69.5 Å². The highest BCUT2D eigenvalue weighted by molar-refractivity contribution is 5.70. The van der Waals surface area contributed by atoms with Crippen molar-refractivity contribution >= 4 is 6.29 Å². The molecule has 0 bridgehead atoms. The van der Waals surface area contributed by atoms with Gasteiger partial charge in [-0.1, -0.05) is 36.2 Å². The lowest BCUT2D eigenvalue weighted by Gasteiger charge is -2.37. The highest BCUT2D eigenvalue weighted by atomic mass is 19.4. The van der Waals surface area contributed by atoms with Gasteiger partial charge in [0.2, 0.25) is 0 Å². The van der Waals surface area contributed by atoms with Gasteiger partial charge in [0.15, 0.2) is 0 Å². The van der Waals surface area contributed by atoms with E-state index >= 15 is 0 Å². The molecule has 1 heterocycles. The topological polar surface area (TPSA) is 55.6 Å². The number of alkyl halides is 6. The summed E-state index contributed by atoms with van der Waals surface area (Å²) in [6, 6.07) is 9.88. The number of rotatable bonds is 5. The molecule has 2 aromatic rings. The van der Waals surface area contributed by atoms with Crippen LogP contribution in [0.25, 0.3) is 0 Å². The second kappa shape index (κ2) is 13.6. The van der Waals surface area contributed by atoms with Crippen molar-refractivity contribution in [1.82, 2.24) is 4.90 Å². The second-order valence-electron chi connectivity index (χ2n) is 9.75. The monoisotopic (exact) mass is 546 g/mol. The molecule has 0 amide bonds. The van der Waals surface area contributed by atoms with Gasteiger partial charge in [0.25, 0.3) is 0 Å². The van der Waals surface area contributed by atoms with E-state index in [1.54, 1.807) is 0 Å². The molecule has 4 rings (SSSR count). The molecule has 38 heavy (non-hydrogen) atoms. The fourth-order valence-electron chi connectivity index (χ4n) is 4.49. The minimum atomic E-state index is -4.83. The van der Waals surface area contributed by atoms with Gasteiger partial charge < -0.3 is 20.2 Å². The maximum absolute atomic E-state index is 12.8. The van der Waals surface area contributed by atoms with Gasteiger partial charge in [-0.15, -0.1) is 0 Å². The number of likely N-dealkylation sites (tertiary alicyclic amines) is 1. The number of nitrogens with zero attached hydrogens (tertiary/aromatic N) is 1. The summed E-state index contributed by atoms with van der Waals surface area (Å²) in [6.45, 7) is 3.32. The summed E-state index contributed by atoms with van der Waals surface area (Å²) in [4.78, 5) is 13.0. The lowest BCUT2D eigenvalue weighted by atomic mass is 9.65. The van der Waals surface area contributed by atoms with Gasteiger partial charge in [-0.3, -0.25) is 0 Å². The van der Waals surface area contributed by atoms with Gasteiger partial charge in [-0.05, 0) is 82.6 Å². The number of nitrogens with two attached hydrogens (primary N) is 1. The van der Waals surface area contributed by atoms with Gasteiger partial charge in [0.05, 0.1) is 29.3 Å². The number of carbonyl (C=O) groups is 1. The Labute approximate surface area is 220 Å². The van der Waals surface area contributed by atoms with Gasteiger partial charge in [-0.2, -0.15) is 26.3 Å². The predicted octanol–water partition coefficient (Wildman–Crippen LogP) is 6.53. The molecule has 0 spiro atoms. The van der Waals surface area contributed by atoms with Crippen LogP contribution in [-0.4, -0.2) is 44.5 Å². The van der Waals surface area contributed by atoms with Crippen LogP contribution in [0.5, 0.6) is 0 Å². The zero-order valence-corrected chi connectivity index (χ0v) is 22.0. The summed E-state index contributed by atoms with van der Waals surface area (Å²) in [7, 11) is 3.39. The van der Waals surface area contributed by atoms with Gasteiger partial charge in [0, 0.05) is 6.54 Å². The molecule has 1 aliphatic carbocycles. The SMILES string of the molecule is CN.CN1CCCC(OCc2cc(C(F)(F)F)cc(C(F)(F)F)c2)C1.Cc1ccc(C2(C=O)CCC2)cc1. The number of hydrogen-bond acceptors (Lipinski definition) is 4. The van der Waals surface area contributed by atoms with Crippen molar-refractivity contribution in [3.05, 3.63) is 70.3 Å². The molecule has 4 nitrogen and oxygen atoms in total. The van der Waals surface area contributed by atoms with Crippen LogP contribution in [0.1, 0.15) is 59.9 Å². The number of piperidine rings is 1. The molecule has 2 fully saturated rings. The molecule has 2 aliphatic rings. The van der Waals surface area contributed by atoms with E-state index in [4.69, 9.17) is 4.74 Å². The number of benzene rings is 2. The maximum Gasteiger partial charge on any atom is 0.416 e. The van der Waals surface area contributed by atoms with Crippen LogP contribution in [0.3, 0.4) is 0 Å². The standard InChI is InChI=1S/C15H17F6NO.C12H14O.CH5N/c1-22-4-2-3-13(8-22)23-9-10-5-11(14(16,17)18)7-12(6-10)15(19,20)21;1-10-3-5-11(6-4-10)12(9-13)7-2-8-12;1-2/h5-7,13H,2-4,8-9H2,1H3;3-6,9H,2,7-8H2,1H3;2H2,1H3. The van der Waals surface area contributed by atoms with Crippen molar-refractivity contribution in [1.29, 1.82) is 0 Å². The highest BCUT2D eigenvalue weighted by Gasteiger charge is 2.38. The van der Waals surface area contributed by atoms with E-state index in [1.807, 2.05) is 11.9 Å². The minimum absolute atomic E-state index is 0.123. The Morgan fingerprint density at radius 1 is 0.974 bits per heavy atom. The van der Waals surface area contributed by atoms with Crippen LogP contribution in [0.2, 0.25) is 0 Å². The van der Waals surface area contributed by atoms with Gasteiger partial charge in [0.1, 0.15) is 6.29 Å². The zero-order valence-electron chi connectivity index (χ0n) is 22.0. The third-order valence-corrected chi connectivity index (χ3v) is 6.81. The number of hydrogen-bond donors (Lipinski definition) is 1. The summed E-state index contributed by atoms with van der Waals surface area (Å²) >= 11 is 0. The van der Waals surface area contributed by atoms with Crippen LogP contribution in [-0.2, 0) is 33.9 Å². The van der Waals surface area contributed by atoms with Crippen LogP contribution in [0.4, 0.5) is 26.3 Å². The normalized spacial score (nSPS) is 19.3. The largest absolute Gasteiger partial charge is 0.416 e. The third kappa shape index (κ3) is 8.81. The lowest BCUT2D eigenvalue weighted by Crippen LogP contribution is -2.36. The number of carbonyl (C=O) groups excluding carboxylic acids is 1. The second-order valence-corrected chi connectivity index (χ2v) is 9.75. The van der Waals surface area contributed by atoms with Crippen LogP contribution >= 0.6 is 0 Å². The fourth-order valence-corrected chi connectivity index (χ4v) is 4.49. The molecule has 2 N–H and O–H groups in total. The van der Waals surface area contributed by atoms with Crippen LogP contribution in [0, 0.1) is 6.92 Å². The molecule has 1 saturated heterocycles. The van der Waals surface area contributed by atoms with E-state index < -0.39 is 23.5 Å². The third-order valence-electron chi connectivity index (χ3n) is 6.81. The maximum atomic E-state index is 12.8. The van der Waals surface area contributed by atoms with Gasteiger partial charge >= 0.3 is 12.4 Å². The summed E-state index contributed by atoms with van der Waals surface area (Å²) in [5.41, 5.74) is 4.07. The predicted molar refractivity (Wildman–Crippen MR) is 135 cm³/mol. The summed E-state index contributed by atoms with van der Waals surface area (Å²) in [5.74, 6) is 0. The van der Waals surface area contributed by atoms with Crippen molar-refractivity contribution in [3.63, 3.8) is 0 Å². The number of likely N-dealkylation sites (N-methyl/N-ethyl adjacent to an activating group) is 1. The molecular formula is C28H36F6N2O2. The Morgan fingerprint density at radius 2 is 1.53 bits per heavy atom. The van der Waals surface area contributed by atoms with Gasteiger partial charge in [-0.25, -0.2) is 0 Å². The number of halogens is 6. The molecule has 212 valence electrons. The van der Waals surface area contributed by atoms with Crippen molar-refractivity contribution < 1.29 is 35.9 Å². The van der Waals surface area contributed by atoms with E-state index in [-0.39, 0.29) is 29.8 Å². The Hall–Kier alpha value is -2.43. The smallest absolute Gasteiger partial charge is 0.372 e. The van der Waals surface area contributed by atoms with Crippen molar-refractivity contribution in [3.8, 4) is 0 Å².